The lowest BCUT2D eigenvalue weighted by Gasteiger charge is -2.30. The van der Waals surface area contributed by atoms with Crippen LogP contribution in [0.2, 0.25) is 0 Å². The molecule has 28 heavy (non-hydrogen) atoms. The summed E-state index contributed by atoms with van der Waals surface area (Å²) in [7, 11) is 0. The Balaban J connectivity index is 1.66. The number of rotatable bonds is 4. The molecule has 2 aromatic rings. The van der Waals surface area contributed by atoms with Crippen LogP contribution in [-0.2, 0) is 11.3 Å². The number of nitrogens with one attached hydrogen (secondary N) is 1. The van der Waals surface area contributed by atoms with Gasteiger partial charge in [0.1, 0.15) is 11.7 Å². The lowest BCUT2D eigenvalue weighted by Crippen LogP contribution is -2.48. The van der Waals surface area contributed by atoms with Gasteiger partial charge in [0.05, 0.1) is 0 Å². The zero-order chi connectivity index (χ0) is 19.5. The Labute approximate surface area is 163 Å². The molecule has 2 aliphatic heterocycles. The molecular formula is C21H23N3O4. The molecule has 1 N–H and O–H groups in total. The molecule has 0 radical (unpaired) electrons. The molecule has 1 fully saturated rings. The van der Waals surface area contributed by atoms with E-state index in [1.165, 1.54) is 0 Å². The van der Waals surface area contributed by atoms with Gasteiger partial charge in [-0.1, -0.05) is 12.1 Å². The fourth-order valence-corrected chi connectivity index (χ4v) is 3.59. The number of carbonyl (C=O) groups excluding carboxylic acids is 2. The van der Waals surface area contributed by atoms with Crippen molar-refractivity contribution in [1.82, 2.24) is 15.2 Å². The van der Waals surface area contributed by atoms with Crippen LogP contribution < -0.4 is 14.8 Å². The van der Waals surface area contributed by atoms with Crippen LogP contribution in [0.25, 0.3) is 0 Å². The number of amides is 2. The van der Waals surface area contributed by atoms with Crippen LogP contribution in [0.1, 0.15) is 41.0 Å². The van der Waals surface area contributed by atoms with E-state index < -0.39 is 6.04 Å². The summed E-state index contributed by atoms with van der Waals surface area (Å²) < 4.78 is 10.8. The number of benzene rings is 1. The number of nitrogens with zero attached hydrogens (tertiary/aromatic N) is 2. The van der Waals surface area contributed by atoms with E-state index in [1.54, 1.807) is 11.0 Å². The largest absolute Gasteiger partial charge is 0.454 e. The van der Waals surface area contributed by atoms with Crippen LogP contribution in [0.15, 0.2) is 36.4 Å². The summed E-state index contributed by atoms with van der Waals surface area (Å²) in [5.74, 6) is 0.987. The Morgan fingerprint density at radius 2 is 2.07 bits per heavy atom. The first-order valence-corrected chi connectivity index (χ1v) is 9.53. The number of pyridine rings is 1. The molecule has 1 aromatic carbocycles. The van der Waals surface area contributed by atoms with Crippen molar-refractivity contribution in [3.8, 4) is 11.5 Å². The van der Waals surface area contributed by atoms with Gasteiger partial charge >= 0.3 is 0 Å². The van der Waals surface area contributed by atoms with E-state index in [0.29, 0.717) is 36.7 Å². The predicted octanol–water partition coefficient (Wildman–Crippen LogP) is 2.43. The van der Waals surface area contributed by atoms with Crippen LogP contribution in [-0.4, -0.2) is 41.1 Å². The maximum atomic E-state index is 13.3. The van der Waals surface area contributed by atoms with Gasteiger partial charge in [0.2, 0.25) is 12.7 Å². The van der Waals surface area contributed by atoms with Gasteiger partial charge in [-0.2, -0.15) is 0 Å². The molecule has 2 amide bonds. The number of carbonyl (C=O) groups is 2. The molecule has 0 saturated carbocycles. The van der Waals surface area contributed by atoms with Gasteiger partial charge in [0, 0.05) is 18.8 Å². The second-order valence-corrected chi connectivity index (χ2v) is 7.09. The predicted molar refractivity (Wildman–Crippen MR) is 102 cm³/mol. The van der Waals surface area contributed by atoms with Crippen LogP contribution in [0.3, 0.4) is 0 Å². The third-order valence-corrected chi connectivity index (χ3v) is 5.04. The second kappa shape index (κ2) is 7.88. The minimum absolute atomic E-state index is 0.112. The molecule has 146 valence electrons. The Bertz CT molecular complexity index is 899. The monoisotopic (exact) mass is 381 g/mol. The fraction of sp³-hybridized carbons (Fsp3) is 0.381. The summed E-state index contributed by atoms with van der Waals surface area (Å²) in [6, 6.07) is 10.4. The van der Waals surface area contributed by atoms with Crippen LogP contribution in [0, 0.1) is 6.92 Å². The highest BCUT2D eigenvalue weighted by molar-refractivity contribution is 5.96. The summed E-state index contributed by atoms with van der Waals surface area (Å²) in [6.45, 7) is 2.98. The number of hydrogen-bond acceptors (Lipinski definition) is 5. The van der Waals surface area contributed by atoms with Gasteiger partial charge in [-0.05, 0) is 56.0 Å². The van der Waals surface area contributed by atoms with E-state index in [-0.39, 0.29) is 18.6 Å². The Morgan fingerprint density at radius 1 is 1.21 bits per heavy atom. The van der Waals surface area contributed by atoms with Gasteiger partial charge in [0.25, 0.3) is 5.91 Å². The van der Waals surface area contributed by atoms with E-state index in [4.69, 9.17) is 9.47 Å². The zero-order valence-electron chi connectivity index (χ0n) is 15.8. The smallest absolute Gasteiger partial charge is 0.273 e. The first kappa shape index (κ1) is 18.3. The van der Waals surface area contributed by atoms with Gasteiger partial charge in [0.15, 0.2) is 11.5 Å². The lowest BCUT2D eigenvalue weighted by atomic mass is 10.1. The normalized spacial score (nSPS) is 18.3. The standard InChI is InChI=1S/C21H23N3O4/c1-14-5-4-6-16(23-14)21(26)24(17-7-2-3-10-22-20(17)25)12-15-8-9-18-19(11-15)28-13-27-18/h4-6,8-9,11,17H,2-3,7,10,12-13H2,1H3,(H,22,25)/t17-/m0/s1. The third kappa shape index (κ3) is 3.78. The first-order chi connectivity index (χ1) is 13.6. The average Bonchev–Trinajstić information content (AvgIpc) is 3.06. The van der Waals surface area contributed by atoms with E-state index >= 15 is 0 Å². The van der Waals surface area contributed by atoms with Crippen molar-refractivity contribution in [2.75, 3.05) is 13.3 Å². The Morgan fingerprint density at radius 3 is 2.93 bits per heavy atom. The minimum Gasteiger partial charge on any atom is -0.454 e. The maximum absolute atomic E-state index is 13.3. The van der Waals surface area contributed by atoms with Crippen molar-refractivity contribution in [3.63, 3.8) is 0 Å². The van der Waals surface area contributed by atoms with Gasteiger partial charge in [-0.3, -0.25) is 9.59 Å². The van der Waals surface area contributed by atoms with E-state index in [1.807, 2.05) is 37.3 Å². The maximum Gasteiger partial charge on any atom is 0.273 e. The molecule has 0 aliphatic carbocycles. The first-order valence-electron chi connectivity index (χ1n) is 9.53. The molecule has 7 nitrogen and oxygen atoms in total. The topological polar surface area (TPSA) is 80.8 Å². The second-order valence-electron chi connectivity index (χ2n) is 7.09. The number of ether oxygens (including phenoxy) is 2. The van der Waals surface area contributed by atoms with Crippen molar-refractivity contribution in [2.45, 2.75) is 38.8 Å². The molecule has 0 unspecified atom stereocenters. The number of aromatic nitrogens is 1. The highest BCUT2D eigenvalue weighted by atomic mass is 16.7. The van der Waals surface area contributed by atoms with Gasteiger partial charge < -0.3 is 19.7 Å². The average molecular weight is 381 g/mol. The molecule has 1 saturated heterocycles. The molecular weight excluding hydrogens is 358 g/mol. The highest BCUT2D eigenvalue weighted by Crippen LogP contribution is 2.33. The summed E-state index contributed by atoms with van der Waals surface area (Å²) >= 11 is 0. The minimum atomic E-state index is -0.525. The summed E-state index contributed by atoms with van der Waals surface area (Å²) in [5.41, 5.74) is 1.99. The zero-order valence-corrected chi connectivity index (χ0v) is 15.8. The summed E-state index contributed by atoms with van der Waals surface area (Å²) in [4.78, 5) is 32.0. The Kier molecular flexibility index (Phi) is 5.14. The van der Waals surface area contributed by atoms with Crippen molar-refractivity contribution in [1.29, 1.82) is 0 Å². The number of fused-ring (bicyclic) bond motifs is 1. The summed E-state index contributed by atoms with van der Waals surface area (Å²) in [5, 5.41) is 2.92. The van der Waals surface area contributed by atoms with Crippen molar-refractivity contribution in [3.05, 3.63) is 53.3 Å². The summed E-state index contributed by atoms with van der Waals surface area (Å²) in [6.07, 6.45) is 2.43. The third-order valence-electron chi connectivity index (χ3n) is 5.04. The van der Waals surface area contributed by atoms with Crippen LogP contribution >= 0.6 is 0 Å². The van der Waals surface area contributed by atoms with Crippen LogP contribution in [0.4, 0.5) is 0 Å². The van der Waals surface area contributed by atoms with E-state index in [9.17, 15) is 9.59 Å². The Hall–Kier alpha value is -3.09. The van der Waals surface area contributed by atoms with E-state index in [0.717, 1.165) is 24.1 Å². The molecule has 0 spiro atoms. The van der Waals surface area contributed by atoms with E-state index in [2.05, 4.69) is 10.3 Å². The molecule has 4 rings (SSSR count). The van der Waals surface area contributed by atoms with Crippen molar-refractivity contribution in [2.24, 2.45) is 0 Å². The SMILES string of the molecule is Cc1cccc(C(=O)N(Cc2ccc3c(c2)OCO3)[C@H]2CCCCNC2=O)n1. The molecule has 1 aromatic heterocycles. The van der Waals surface area contributed by atoms with Crippen LogP contribution in [0.5, 0.6) is 11.5 Å². The van der Waals surface area contributed by atoms with Gasteiger partial charge in [-0.25, -0.2) is 4.98 Å². The number of hydrogen-bond donors (Lipinski definition) is 1. The quantitative estimate of drug-likeness (QED) is 0.880. The highest BCUT2D eigenvalue weighted by Gasteiger charge is 2.32. The fourth-order valence-electron chi connectivity index (χ4n) is 3.59. The van der Waals surface area contributed by atoms with Crippen molar-refractivity contribution < 1.29 is 19.1 Å². The molecule has 3 heterocycles. The molecule has 0 bridgehead atoms. The lowest BCUT2D eigenvalue weighted by molar-refractivity contribution is -0.125. The molecule has 2 aliphatic rings. The number of aryl methyl sites for hydroxylation is 1. The molecule has 7 heteroatoms. The van der Waals surface area contributed by atoms with Crippen molar-refractivity contribution >= 4 is 11.8 Å². The van der Waals surface area contributed by atoms with Gasteiger partial charge in [-0.15, -0.1) is 0 Å². The molecule has 1 atom stereocenters.